The molecule has 0 saturated carbocycles. The maximum atomic E-state index is 5.36. The first kappa shape index (κ1) is 19.8. The Balaban J connectivity index is 1.79. The lowest BCUT2D eigenvalue weighted by atomic mass is 10.2. The molecule has 1 heterocycles. The molecule has 30 heavy (non-hydrogen) atoms. The second-order valence-electron chi connectivity index (χ2n) is 6.70. The van der Waals surface area contributed by atoms with Gasteiger partial charge in [-0.15, -0.1) is 0 Å². The summed E-state index contributed by atoms with van der Waals surface area (Å²) in [6.45, 7) is 2.65. The van der Waals surface area contributed by atoms with E-state index >= 15 is 0 Å². The van der Waals surface area contributed by atoms with Crippen LogP contribution in [-0.2, 0) is 6.54 Å². The zero-order valence-corrected chi connectivity index (χ0v) is 17.7. The summed E-state index contributed by atoms with van der Waals surface area (Å²) >= 11 is 1.37. The Bertz CT molecular complexity index is 1210. The van der Waals surface area contributed by atoms with E-state index in [1.807, 2.05) is 85.8 Å². The quantitative estimate of drug-likeness (QED) is 0.341. The number of benzene rings is 3. The molecule has 0 atom stereocenters. The van der Waals surface area contributed by atoms with Crippen molar-refractivity contribution in [3.63, 3.8) is 0 Å². The van der Waals surface area contributed by atoms with Crippen molar-refractivity contribution in [2.75, 3.05) is 7.11 Å². The summed E-state index contributed by atoms with van der Waals surface area (Å²) in [4.78, 5) is 10.5. The van der Waals surface area contributed by atoms with Crippen molar-refractivity contribution in [2.45, 2.75) is 13.5 Å². The Hall–Kier alpha value is -3.51. The molecule has 4 aromatic rings. The van der Waals surface area contributed by atoms with Gasteiger partial charge in [0.05, 0.1) is 19.3 Å². The van der Waals surface area contributed by atoms with Crippen LogP contribution in [0.5, 0.6) is 5.75 Å². The first-order valence-corrected chi connectivity index (χ1v) is 10.4. The van der Waals surface area contributed by atoms with Crippen LogP contribution in [0, 0.1) is 6.92 Å². The maximum Gasteiger partial charge on any atom is 0.211 e. The molecule has 0 aliphatic rings. The van der Waals surface area contributed by atoms with Crippen LogP contribution in [0.1, 0.15) is 17.0 Å². The zero-order valence-electron chi connectivity index (χ0n) is 16.9. The van der Waals surface area contributed by atoms with E-state index in [-0.39, 0.29) is 0 Å². The molecule has 0 aliphatic heterocycles. The third kappa shape index (κ3) is 4.72. The third-order valence-corrected chi connectivity index (χ3v) is 5.41. The molecule has 3 aromatic carbocycles. The van der Waals surface area contributed by atoms with E-state index in [1.165, 1.54) is 11.5 Å². The molecular formula is C24H22N4OS. The van der Waals surface area contributed by atoms with Gasteiger partial charge in [-0.25, -0.2) is 4.99 Å². The van der Waals surface area contributed by atoms with Gasteiger partial charge in [0.15, 0.2) is 5.84 Å². The number of ether oxygens (including phenoxy) is 1. The highest BCUT2D eigenvalue weighted by atomic mass is 32.1. The van der Waals surface area contributed by atoms with Gasteiger partial charge in [0.2, 0.25) is 4.80 Å². The maximum absolute atomic E-state index is 5.36. The number of nitrogens with zero attached hydrogens (tertiary/aromatic N) is 4. The Morgan fingerprint density at radius 2 is 1.70 bits per heavy atom. The van der Waals surface area contributed by atoms with Crippen molar-refractivity contribution in [3.8, 4) is 5.75 Å². The topological polar surface area (TPSA) is 51.8 Å². The zero-order chi connectivity index (χ0) is 20.8. The number of para-hydroxylation sites is 1. The van der Waals surface area contributed by atoms with Crippen LogP contribution in [0.3, 0.4) is 0 Å². The van der Waals surface area contributed by atoms with E-state index < -0.39 is 0 Å². The highest BCUT2D eigenvalue weighted by Gasteiger charge is 2.08. The van der Waals surface area contributed by atoms with Gasteiger partial charge in [-0.1, -0.05) is 60.7 Å². The molecule has 0 unspecified atom stereocenters. The molecule has 0 aliphatic carbocycles. The van der Waals surface area contributed by atoms with Gasteiger partial charge < -0.3 is 4.74 Å². The van der Waals surface area contributed by atoms with Gasteiger partial charge in [-0.3, -0.25) is 4.57 Å². The van der Waals surface area contributed by atoms with Gasteiger partial charge in [0, 0.05) is 17.1 Å². The first-order chi connectivity index (χ1) is 14.7. The molecule has 0 saturated heterocycles. The van der Waals surface area contributed by atoms with Gasteiger partial charge in [-0.05, 0) is 36.8 Å². The summed E-state index contributed by atoms with van der Waals surface area (Å²) in [5.74, 6) is 2.40. The molecule has 0 fully saturated rings. The molecular weight excluding hydrogens is 392 g/mol. The average Bonchev–Trinajstić information content (AvgIpc) is 3.14. The minimum absolute atomic E-state index is 0.657. The lowest BCUT2D eigenvalue weighted by Gasteiger charge is -2.07. The average molecular weight is 415 g/mol. The Kier molecular flexibility index (Phi) is 6.15. The molecule has 1 aromatic heterocycles. The van der Waals surface area contributed by atoms with Crippen LogP contribution in [0.15, 0.2) is 94.9 Å². The molecule has 0 bridgehead atoms. The lowest BCUT2D eigenvalue weighted by Crippen LogP contribution is -2.19. The second-order valence-corrected chi connectivity index (χ2v) is 7.43. The van der Waals surface area contributed by atoms with Gasteiger partial charge >= 0.3 is 0 Å². The number of aliphatic imine (C=N–C) groups is 1. The Labute approximate surface area is 179 Å². The molecule has 0 N–H and O–H groups in total. The fourth-order valence-electron chi connectivity index (χ4n) is 3.02. The Morgan fingerprint density at radius 1 is 0.967 bits per heavy atom. The number of amidine groups is 1. The molecule has 5 nitrogen and oxygen atoms in total. The summed E-state index contributed by atoms with van der Waals surface area (Å²) in [7, 11) is 1.68. The first-order valence-electron chi connectivity index (χ1n) is 9.63. The molecule has 0 radical (unpaired) electrons. The highest BCUT2D eigenvalue weighted by Crippen LogP contribution is 2.15. The summed E-state index contributed by atoms with van der Waals surface area (Å²) in [5.41, 5.74) is 2.95. The van der Waals surface area contributed by atoms with E-state index in [4.69, 9.17) is 14.7 Å². The van der Waals surface area contributed by atoms with Crippen molar-refractivity contribution in [1.29, 1.82) is 0 Å². The summed E-state index contributed by atoms with van der Waals surface area (Å²) in [6.07, 6.45) is 0. The fraction of sp³-hybridized carbons (Fsp3) is 0.125. The number of hydrogen-bond donors (Lipinski definition) is 0. The third-order valence-electron chi connectivity index (χ3n) is 4.58. The largest absolute Gasteiger partial charge is 0.497 e. The summed E-state index contributed by atoms with van der Waals surface area (Å²) in [6, 6.07) is 27.9. The fourth-order valence-corrected chi connectivity index (χ4v) is 3.75. The van der Waals surface area contributed by atoms with Crippen LogP contribution in [-0.4, -0.2) is 21.9 Å². The number of rotatable bonds is 5. The number of aryl methyl sites for hydroxylation is 1. The predicted molar refractivity (Wildman–Crippen MR) is 122 cm³/mol. The normalized spacial score (nSPS) is 12.2. The van der Waals surface area contributed by atoms with Gasteiger partial charge in [0.1, 0.15) is 11.6 Å². The Morgan fingerprint density at radius 3 is 2.43 bits per heavy atom. The molecule has 0 spiro atoms. The predicted octanol–water partition coefficient (Wildman–Crippen LogP) is 4.99. The van der Waals surface area contributed by atoms with Crippen LogP contribution >= 0.6 is 11.5 Å². The van der Waals surface area contributed by atoms with Gasteiger partial charge in [0.25, 0.3) is 0 Å². The van der Waals surface area contributed by atoms with Crippen molar-refractivity contribution in [3.05, 3.63) is 107 Å². The van der Waals surface area contributed by atoms with E-state index in [1.54, 1.807) is 7.11 Å². The summed E-state index contributed by atoms with van der Waals surface area (Å²) < 4.78 is 12.0. The SMILES string of the molecule is COc1cccc(Cn2c(C)nsc2=NC(=Nc2ccccc2)c2ccccc2)c1. The van der Waals surface area contributed by atoms with Crippen LogP contribution < -0.4 is 9.54 Å². The minimum atomic E-state index is 0.657. The number of hydrogen-bond acceptors (Lipinski definition) is 4. The molecule has 4 rings (SSSR count). The number of methoxy groups -OCH3 is 1. The van der Waals surface area contributed by atoms with Crippen molar-refractivity contribution in [2.24, 2.45) is 9.98 Å². The van der Waals surface area contributed by atoms with E-state index in [0.717, 1.165) is 33.2 Å². The van der Waals surface area contributed by atoms with Crippen molar-refractivity contribution >= 4 is 23.1 Å². The van der Waals surface area contributed by atoms with Crippen molar-refractivity contribution in [1.82, 2.24) is 8.94 Å². The smallest absolute Gasteiger partial charge is 0.211 e. The van der Waals surface area contributed by atoms with E-state index in [9.17, 15) is 0 Å². The van der Waals surface area contributed by atoms with Gasteiger partial charge in [-0.2, -0.15) is 9.37 Å². The second kappa shape index (κ2) is 9.33. The molecule has 0 amide bonds. The lowest BCUT2D eigenvalue weighted by molar-refractivity contribution is 0.414. The number of aromatic nitrogens is 2. The van der Waals surface area contributed by atoms with E-state index in [2.05, 4.69) is 15.0 Å². The van der Waals surface area contributed by atoms with Crippen molar-refractivity contribution < 1.29 is 4.74 Å². The van der Waals surface area contributed by atoms with Crippen LogP contribution in [0.4, 0.5) is 5.69 Å². The monoisotopic (exact) mass is 414 g/mol. The highest BCUT2D eigenvalue weighted by molar-refractivity contribution is 7.02. The molecule has 6 heteroatoms. The standard InChI is InChI=1S/C24H22N4OS/c1-18-27-30-24(28(18)17-19-10-9-15-22(16-19)29-2)26-23(20-11-5-3-6-12-20)25-21-13-7-4-8-14-21/h3-16H,17H2,1-2H3. The summed E-state index contributed by atoms with van der Waals surface area (Å²) in [5, 5.41) is 0. The minimum Gasteiger partial charge on any atom is -0.497 e. The van der Waals surface area contributed by atoms with Crippen LogP contribution in [0.2, 0.25) is 0 Å². The van der Waals surface area contributed by atoms with Crippen LogP contribution in [0.25, 0.3) is 0 Å². The van der Waals surface area contributed by atoms with E-state index in [0.29, 0.717) is 12.4 Å². The molecule has 150 valence electrons.